The molecule has 0 heterocycles. The number of carbonyl (C=O) groups excluding carboxylic acids is 3. The van der Waals surface area contributed by atoms with Crippen molar-refractivity contribution in [2.24, 2.45) is 0 Å². The summed E-state index contributed by atoms with van der Waals surface area (Å²) in [6.45, 7) is 6.55. The first-order valence-electron chi connectivity index (χ1n) is 36.4. The monoisotopic (exact) mass is 1160 g/mol. The highest BCUT2D eigenvalue weighted by atomic mass is 16.6. The molecule has 0 radical (unpaired) electrons. The van der Waals surface area contributed by atoms with Crippen molar-refractivity contribution in [2.75, 3.05) is 13.2 Å². The van der Waals surface area contributed by atoms with E-state index in [1.165, 1.54) is 250 Å². The third-order valence-electron chi connectivity index (χ3n) is 16.2. The van der Waals surface area contributed by atoms with E-state index in [2.05, 4.69) is 93.7 Å². The van der Waals surface area contributed by atoms with Crippen molar-refractivity contribution in [3.05, 3.63) is 72.9 Å². The van der Waals surface area contributed by atoms with Gasteiger partial charge in [-0.05, 0) is 109 Å². The zero-order valence-corrected chi connectivity index (χ0v) is 55.5. The first kappa shape index (κ1) is 79.8. The van der Waals surface area contributed by atoms with Crippen molar-refractivity contribution >= 4 is 17.9 Å². The van der Waals surface area contributed by atoms with Crippen molar-refractivity contribution in [2.45, 2.75) is 386 Å². The van der Waals surface area contributed by atoms with Crippen molar-refractivity contribution < 1.29 is 28.6 Å². The van der Waals surface area contributed by atoms with Crippen LogP contribution in [0.15, 0.2) is 72.9 Å². The van der Waals surface area contributed by atoms with Crippen LogP contribution in [0.3, 0.4) is 0 Å². The molecule has 482 valence electrons. The minimum absolute atomic E-state index is 0.0743. The van der Waals surface area contributed by atoms with Gasteiger partial charge in [0.15, 0.2) is 6.10 Å². The summed E-state index contributed by atoms with van der Waals surface area (Å²) in [6, 6.07) is 0. The average Bonchev–Trinajstić information content (AvgIpc) is 3.49. The molecule has 0 spiro atoms. The minimum atomic E-state index is -0.779. The Balaban J connectivity index is 4.10. The predicted octanol–water partition coefficient (Wildman–Crippen LogP) is 25.2. The number of rotatable bonds is 67. The zero-order valence-electron chi connectivity index (χ0n) is 55.5. The molecule has 0 aliphatic carbocycles. The van der Waals surface area contributed by atoms with Gasteiger partial charge in [0, 0.05) is 19.3 Å². The summed E-state index contributed by atoms with van der Waals surface area (Å²) in [4.78, 5) is 38.4. The Kier molecular flexibility index (Phi) is 68.6. The number of unbranched alkanes of at least 4 members (excludes halogenated alkanes) is 44. The van der Waals surface area contributed by atoms with Gasteiger partial charge in [0.05, 0.1) is 0 Å². The highest BCUT2D eigenvalue weighted by Gasteiger charge is 2.19. The van der Waals surface area contributed by atoms with Crippen LogP contribution in [0.1, 0.15) is 380 Å². The fourth-order valence-corrected chi connectivity index (χ4v) is 10.7. The number of hydrogen-bond acceptors (Lipinski definition) is 6. The van der Waals surface area contributed by atoms with Crippen molar-refractivity contribution in [3.8, 4) is 0 Å². The summed E-state index contributed by atoms with van der Waals surface area (Å²) >= 11 is 0. The second-order valence-electron chi connectivity index (χ2n) is 24.5. The largest absolute Gasteiger partial charge is 0.462 e. The van der Waals surface area contributed by atoms with Gasteiger partial charge in [-0.25, -0.2) is 0 Å². The topological polar surface area (TPSA) is 78.9 Å². The van der Waals surface area contributed by atoms with Crippen LogP contribution in [0.4, 0.5) is 0 Å². The Hall–Kier alpha value is -3.15. The van der Waals surface area contributed by atoms with Gasteiger partial charge >= 0.3 is 17.9 Å². The third kappa shape index (κ3) is 69.5. The van der Waals surface area contributed by atoms with E-state index in [0.717, 1.165) is 89.9 Å². The number of hydrogen-bond donors (Lipinski definition) is 0. The molecule has 0 saturated carbocycles. The van der Waals surface area contributed by atoms with E-state index in [0.29, 0.717) is 19.3 Å². The van der Waals surface area contributed by atoms with Gasteiger partial charge in [-0.3, -0.25) is 14.4 Å². The standard InChI is InChI=1S/C77H138O6/c1-4-7-10-13-16-19-22-25-27-29-30-31-32-33-34-35-36-37-38-39-40-41-42-43-44-45-46-48-49-52-55-58-61-64-67-70-76(79)82-73-74(72-81-75(78)69-66-63-60-57-54-51-24-21-18-15-12-9-6-3)83-77(80)71-68-65-62-59-56-53-50-47-28-26-23-20-17-14-11-8-5-2/h7,10,16,19,21,24-28,30-31,74H,4-6,8-9,11-15,17-18,20,22-23,29,32-73H2,1-3H3/b10-7-,19-16-,24-21-,27-25-,28-26-,31-30-. The van der Waals surface area contributed by atoms with Crippen LogP contribution in [-0.4, -0.2) is 37.2 Å². The lowest BCUT2D eigenvalue weighted by atomic mass is 10.0. The Morgan fingerprint density at radius 3 is 0.759 bits per heavy atom. The summed E-state index contributed by atoms with van der Waals surface area (Å²) in [5.41, 5.74) is 0. The van der Waals surface area contributed by atoms with Gasteiger partial charge in [0.2, 0.25) is 0 Å². The first-order valence-corrected chi connectivity index (χ1v) is 36.4. The van der Waals surface area contributed by atoms with Crippen molar-refractivity contribution in [1.82, 2.24) is 0 Å². The minimum Gasteiger partial charge on any atom is -0.462 e. The van der Waals surface area contributed by atoms with Crippen LogP contribution in [0, 0.1) is 0 Å². The molecule has 0 aliphatic rings. The molecule has 0 aromatic rings. The molecule has 0 aromatic carbocycles. The van der Waals surface area contributed by atoms with Crippen LogP contribution in [-0.2, 0) is 28.6 Å². The predicted molar refractivity (Wildman–Crippen MR) is 362 cm³/mol. The van der Waals surface area contributed by atoms with Crippen LogP contribution < -0.4 is 0 Å². The van der Waals surface area contributed by atoms with E-state index >= 15 is 0 Å². The van der Waals surface area contributed by atoms with Crippen LogP contribution in [0.25, 0.3) is 0 Å². The SMILES string of the molecule is CC/C=C\C/C=C\C/C=C\C/C=C\CCCCCCCCCCCCCCCCCCCCCCCCC(=O)OCC(COC(=O)CCCCCCC/C=C\CCCCCC)OC(=O)CCCCCCCCC/C=C\CCCCCCCC. The van der Waals surface area contributed by atoms with Crippen LogP contribution in [0.5, 0.6) is 0 Å². The highest BCUT2D eigenvalue weighted by Crippen LogP contribution is 2.18. The normalized spacial score (nSPS) is 12.5. The van der Waals surface area contributed by atoms with E-state index in [4.69, 9.17) is 14.2 Å². The maximum atomic E-state index is 12.9. The Labute approximate surface area is 516 Å². The number of carbonyl (C=O) groups is 3. The summed E-state index contributed by atoms with van der Waals surface area (Å²) in [5, 5.41) is 0. The van der Waals surface area contributed by atoms with E-state index in [1.54, 1.807) is 0 Å². The molecule has 0 N–H and O–H groups in total. The molecule has 0 amide bonds. The molecule has 6 nitrogen and oxygen atoms in total. The van der Waals surface area contributed by atoms with Crippen molar-refractivity contribution in [3.63, 3.8) is 0 Å². The second kappa shape index (κ2) is 71.3. The zero-order chi connectivity index (χ0) is 59.9. The summed E-state index contributed by atoms with van der Waals surface area (Å²) in [7, 11) is 0. The quantitative estimate of drug-likeness (QED) is 0.0261. The molecule has 6 heteroatoms. The molecule has 0 aliphatic heterocycles. The fourth-order valence-electron chi connectivity index (χ4n) is 10.7. The second-order valence-corrected chi connectivity index (χ2v) is 24.5. The Bertz CT molecular complexity index is 1520. The number of allylic oxidation sites excluding steroid dienone is 12. The summed E-state index contributed by atoms with van der Waals surface area (Å²) in [5.74, 6) is -0.865. The van der Waals surface area contributed by atoms with Crippen LogP contribution >= 0.6 is 0 Å². The molecular weight excluding hydrogens is 1020 g/mol. The van der Waals surface area contributed by atoms with Gasteiger partial charge < -0.3 is 14.2 Å². The molecule has 0 fully saturated rings. The number of ether oxygens (including phenoxy) is 3. The summed E-state index contributed by atoms with van der Waals surface area (Å²) in [6.07, 6.45) is 93.8. The van der Waals surface area contributed by atoms with Gasteiger partial charge in [-0.15, -0.1) is 0 Å². The average molecular weight is 1160 g/mol. The molecule has 0 bridgehead atoms. The molecule has 0 saturated heterocycles. The maximum Gasteiger partial charge on any atom is 0.306 e. The molecular formula is C77H138O6. The third-order valence-corrected chi connectivity index (χ3v) is 16.2. The first-order chi connectivity index (χ1) is 41.0. The lowest BCUT2D eigenvalue weighted by Crippen LogP contribution is -2.30. The van der Waals surface area contributed by atoms with E-state index in [1.807, 2.05) is 0 Å². The molecule has 83 heavy (non-hydrogen) atoms. The highest BCUT2D eigenvalue weighted by molar-refractivity contribution is 5.71. The van der Waals surface area contributed by atoms with Gasteiger partial charge in [0.1, 0.15) is 13.2 Å². The summed E-state index contributed by atoms with van der Waals surface area (Å²) < 4.78 is 17.0. The number of esters is 3. The smallest absolute Gasteiger partial charge is 0.306 e. The molecule has 0 aromatic heterocycles. The lowest BCUT2D eigenvalue weighted by Gasteiger charge is -2.18. The van der Waals surface area contributed by atoms with E-state index in [-0.39, 0.29) is 31.1 Å². The molecule has 1 atom stereocenters. The Morgan fingerprint density at radius 2 is 0.470 bits per heavy atom. The van der Waals surface area contributed by atoms with Gasteiger partial charge in [0.25, 0.3) is 0 Å². The lowest BCUT2D eigenvalue weighted by molar-refractivity contribution is -0.167. The van der Waals surface area contributed by atoms with Crippen LogP contribution in [0.2, 0.25) is 0 Å². The van der Waals surface area contributed by atoms with E-state index in [9.17, 15) is 14.4 Å². The van der Waals surface area contributed by atoms with Gasteiger partial charge in [-0.1, -0.05) is 325 Å². The maximum absolute atomic E-state index is 12.9. The molecule has 0 rings (SSSR count). The van der Waals surface area contributed by atoms with E-state index < -0.39 is 6.10 Å². The fraction of sp³-hybridized carbons (Fsp3) is 0.805. The van der Waals surface area contributed by atoms with Crippen molar-refractivity contribution in [1.29, 1.82) is 0 Å². The Morgan fingerprint density at radius 1 is 0.253 bits per heavy atom. The van der Waals surface area contributed by atoms with Gasteiger partial charge in [-0.2, -0.15) is 0 Å². The molecule has 1 unspecified atom stereocenters.